The van der Waals surface area contributed by atoms with Gasteiger partial charge in [0.05, 0.1) is 16.7 Å². The first-order chi connectivity index (χ1) is 12.1. The first kappa shape index (κ1) is 16.5. The van der Waals surface area contributed by atoms with E-state index in [0.29, 0.717) is 37.6 Å². The highest BCUT2D eigenvalue weighted by Gasteiger charge is 2.26. The Balaban J connectivity index is 1.74. The number of anilines is 1. The molecule has 0 spiro atoms. The van der Waals surface area contributed by atoms with E-state index in [1.807, 2.05) is 4.90 Å². The molecule has 1 saturated heterocycles. The second kappa shape index (κ2) is 7.01. The number of carbonyl (C=O) groups excluding carboxylic acids is 1. The predicted octanol–water partition coefficient (Wildman–Crippen LogP) is 1.61. The standard InChI is InChI=1S/C18H16N4O3/c19-12-13-4-3-7-20-16(13)21-8-10-22(11-9-21)17(23)14-5-1-2-6-15(14)18(24)25/h1-7H,8-11H2,(H,24,25). The van der Waals surface area contributed by atoms with Gasteiger partial charge in [0.2, 0.25) is 0 Å². The molecule has 1 aliphatic rings. The zero-order valence-electron chi connectivity index (χ0n) is 13.4. The Labute approximate surface area is 144 Å². The van der Waals surface area contributed by atoms with Crippen LogP contribution in [-0.4, -0.2) is 53.0 Å². The molecule has 25 heavy (non-hydrogen) atoms. The van der Waals surface area contributed by atoms with Gasteiger partial charge < -0.3 is 14.9 Å². The second-order valence-electron chi connectivity index (χ2n) is 5.62. The van der Waals surface area contributed by atoms with Crippen LogP contribution in [-0.2, 0) is 0 Å². The minimum atomic E-state index is -1.12. The third-order valence-corrected chi connectivity index (χ3v) is 4.16. The molecule has 7 nitrogen and oxygen atoms in total. The van der Waals surface area contributed by atoms with Gasteiger partial charge in [-0.25, -0.2) is 9.78 Å². The van der Waals surface area contributed by atoms with Crippen LogP contribution in [0.3, 0.4) is 0 Å². The fourth-order valence-electron chi connectivity index (χ4n) is 2.88. The third-order valence-electron chi connectivity index (χ3n) is 4.16. The van der Waals surface area contributed by atoms with Crippen LogP contribution in [0, 0.1) is 11.3 Å². The summed E-state index contributed by atoms with van der Waals surface area (Å²) in [6, 6.07) is 11.8. The number of pyridine rings is 1. The number of carboxylic acids is 1. The van der Waals surface area contributed by atoms with Gasteiger partial charge >= 0.3 is 5.97 Å². The van der Waals surface area contributed by atoms with Gasteiger partial charge in [0.25, 0.3) is 5.91 Å². The van der Waals surface area contributed by atoms with E-state index in [0.717, 1.165) is 0 Å². The predicted molar refractivity (Wildman–Crippen MR) is 90.5 cm³/mol. The number of nitrogens with zero attached hydrogens (tertiary/aromatic N) is 4. The van der Waals surface area contributed by atoms with Crippen LogP contribution in [0.4, 0.5) is 5.82 Å². The van der Waals surface area contributed by atoms with E-state index in [1.165, 1.54) is 12.1 Å². The monoisotopic (exact) mass is 336 g/mol. The maximum atomic E-state index is 12.7. The fourth-order valence-corrected chi connectivity index (χ4v) is 2.88. The van der Waals surface area contributed by atoms with Crippen molar-refractivity contribution in [1.29, 1.82) is 5.26 Å². The zero-order chi connectivity index (χ0) is 17.8. The Morgan fingerprint density at radius 3 is 2.36 bits per heavy atom. The molecule has 0 aliphatic carbocycles. The first-order valence-corrected chi connectivity index (χ1v) is 7.83. The molecule has 1 N–H and O–H groups in total. The molecule has 0 saturated carbocycles. The van der Waals surface area contributed by atoms with Crippen LogP contribution in [0.1, 0.15) is 26.3 Å². The number of hydrogen-bond donors (Lipinski definition) is 1. The molecule has 1 aromatic carbocycles. The van der Waals surface area contributed by atoms with E-state index in [-0.39, 0.29) is 17.0 Å². The Hall–Kier alpha value is -3.40. The molecule has 2 heterocycles. The molecule has 3 rings (SSSR count). The minimum absolute atomic E-state index is 0.00595. The molecule has 0 unspecified atom stereocenters. The molecular formula is C18H16N4O3. The lowest BCUT2D eigenvalue weighted by Crippen LogP contribution is -2.49. The summed E-state index contributed by atoms with van der Waals surface area (Å²) in [5.41, 5.74) is 0.698. The number of carboxylic acid groups (broad SMARTS) is 1. The quantitative estimate of drug-likeness (QED) is 0.914. The van der Waals surface area contributed by atoms with E-state index in [4.69, 9.17) is 0 Å². The molecule has 1 amide bonds. The van der Waals surface area contributed by atoms with Crippen LogP contribution in [0.25, 0.3) is 0 Å². The Bertz CT molecular complexity index is 851. The van der Waals surface area contributed by atoms with Gasteiger partial charge in [-0.15, -0.1) is 0 Å². The number of piperazine rings is 1. The van der Waals surface area contributed by atoms with Crippen molar-refractivity contribution >= 4 is 17.7 Å². The summed E-state index contributed by atoms with van der Waals surface area (Å²) in [7, 11) is 0. The van der Waals surface area contributed by atoms with Gasteiger partial charge in [0, 0.05) is 32.4 Å². The van der Waals surface area contributed by atoms with Crippen LogP contribution >= 0.6 is 0 Å². The lowest BCUT2D eigenvalue weighted by atomic mass is 10.1. The van der Waals surface area contributed by atoms with Gasteiger partial charge in [-0.05, 0) is 24.3 Å². The van der Waals surface area contributed by atoms with Crippen molar-refractivity contribution in [2.24, 2.45) is 0 Å². The number of hydrogen-bond acceptors (Lipinski definition) is 5. The number of amides is 1. The normalized spacial score (nSPS) is 14.0. The van der Waals surface area contributed by atoms with Crippen LogP contribution < -0.4 is 4.90 Å². The Morgan fingerprint density at radius 2 is 1.72 bits per heavy atom. The average Bonchev–Trinajstić information content (AvgIpc) is 2.67. The minimum Gasteiger partial charge on any atom is -0.478 e. The van der Waals surface area contributed by atoms with E-state index in [9.17, 15) is 20.0 Å². The topological polar surface area (TPSA) is 97.5 Å². The second-order valence-corrected chi connectivity index (χ2v) is 5.62. The van der Waals surface area contributed by atoms with Crippen molar-refractivity contribution in [2.75, 3.05) is 31.1 Å². The number of rotatable bonds is 3. The molecule has 2 aromatic rings. The van der Waals surface area contributed by atoms with Gasteiger partial charge in [-0.1, -0.05) is 12.1 Å². The summed E-state index contributed by atoms with van der Waals surface area (Å²) in [6.45, 7) is 1.95. The number of nitriles is 1. The lowest BCUT2D eigenvalue weighted by Gasteiger charge is -2.35. The summed E-state index contributed by atoms with van der Waals surface area (Å²) in [4.78, 5) is 31.8. The highest BCUT2D eigenvalue weighted by Crippen LogP contribution is 2.19. The van der Waals surface area contributed by atoms with E-state index < -0.39 is 5.97 Å². The van der Waals surface area contributed by atoms with Gasteiger partial charge in [0.15, 0.2) is 0 Å². The van der Waals surface area contributed by atoms with Crippen molar-refractivity contribution in [3.05, 3.63) is 59.3 Å². The number of benzene rings is 1. The molecule has 1 fully saturated rings. The first-order valence-electron chi connectivity index (χ1n) is 7.83. The molecule has 7 heteroatoms. The van der Waals surface area contributed by atoms with Crippen molar-refractivity contribution in [3.63, 3.8) is 0 Å². The number of aromatic nitrogens is 1. The van der Waals surface area contributed by atoms with Crippen molar-refractivity contribution in [2.45, 2.75) is 0 Å². The van der Waals surface area contributed by atoms with Gasteiger partial charge in [-0.3, -0.25) is 4.79 Å². The van der Waals surface area contributed by atoms with Crippen LogP contribution in [0.2, 0.25) is 0 Å². The molecule has 0 atom stereocenters. The molecule has 0 bridgehead atoms. The summed E-state index contributed by atoms with van der Waals surface area (Å²) >= 11 is 0. The van der Waals surface area contributed by atoms with Crippen molar-refractivity contribution in [1.82, 2.24) is 9.88 Å². The Morgan fingerprint density at radius 1 is 1.04 bits per heavy atom. The van der Waals surface area contributed by atoms with E-state index in [2.05, 4.69) is 11.1 Å². The summed E-state index contributed by atoms with van der Waals surface area (Å²) in [6.07, 6.45) is 1.64. The van der Waals surface area contributed by atoms with E-state index in [1.54, 1.807) is 35.4 Å². The molecule has 0 radical (unpaired) electrons. The fraction of sp³-hybridized carbons (Fsp3) is 0.222. The average molecular weight is 336 g/mol. The largest absolute Gasteiger partial charge is 0.478 e. The highest BCUT2D eigenvalue weighted by molar-refractivity contribution is 6.04. The molecule has 126 valence electrons. The smallest absolute Gasteiger partial charge is 0.336 e. The number of carbonyl (C=O) groups is 2. The van der Waals surface area contributed by atoms with Gasteiger partial charge in [-0.2, -0.15) is 5.26 Å². The van der Waals surface area contributed by atoms with Crippen LogP contribution in [0.15, 0.2) is 42.6 Å². The Kier molecular flexibility index (Phi) is 4.61. The maximum absolute atomic E-state index is 12.7. The highest BCUT2D eigenvalue weighted by atomic mass is 16.4. The van der Waals surface area contributed by atoms with Crippen LogP contribution in [0.5, 0.6) is 0 Å². The van der Waals surface area contributed by atoms with Crippen molar-refractivity contribution < 1.29 is 14.7 Å². The molecule has 1 aromatic heterocycles. The SMILES string of the molecule is N#Cc1cccnc1N1CCN(C(=O)c2ccccc2C(=O)O)CC1. The van der Waals surface area contributed by atoms with E-state index >= 15 is 0 Å². The zero-order valence-corrected chi connectivity index (χ0v) is 13.4. The third kappa shape index (κ3) is 3.28. The summed E-state index contributed by atoms with van der Waals surface area (Å²) in [5, 5.41) is 18.4. The summed E-state index contributed by atoms with van der Waals surface area (Å²) in [5.74, 6) is -0.794. The van der Waals surface area contributed by atoms with Gasteiger partial charge in [0.1, 0.15) is 11.9 Å². The molecular weight excluding hydrogens is 320 g/mol. The molecule has 1 aliphatic heterocycles. The van der Waals surface area contributed by atoms with Crippen molar-refractivity contribution in [3.8, 4) is 6.07 Å². The number of aromatic carboxylic acids is 1. The summed E-state index contributed by atoms with van der Waals surface area (Å²) < 4.78 is 0. The lowest BCUT2D eigenvalue weighted by molar-refractivity contribution is 0.0673. The maximum Gasteiger partial charge on any atom is 0.336 e.